The molecular weight excluding hydrogens is 389 g/mol. The number of rotatable bonds is 6. The van der Waals surface area contributed by atoms with Gasteiger partial charge in [-0.05, 0) is 25.8 Å². The number of likely N-dealkylation sites (tertiary alicyclic amines) is 1. The van der Waals surface area contributed by atoms with Gasteiger partial charge in [0, 0.05) is 32.2 Å². The van der Waals surface area contributed by atoms with Crippen LogP contribution in [0.5, 0.6) is 0 Å². The van der Waals surface area contributed by atoms with E-state index in [0.717, 1.165) is 38.7 Å². The summed E-state index contributed by atoms with van der Waals surface area (Å²) in [5.74, 6) is 1.64. The molecule has 2 rings (SSSR count). The van der Waals surface area contributed by atoms with Crippen LogP contribution in [-0.4, -0.2) is 50.3 Å². The van der Waals surface area contributed by atoms with Crippen LogP contribution in [0.2, 0.25) is 0 Å². The lowest BCUT2D eigenvalue weighted by Gasteiger charge is -2.21. The van der Waals surface area contributed by atoms with Crippen molar-refractivity contribution in [3.05, 3.63) is 35.9 Å². The average molecular weight is 417 g/mol. The third-order valence-corrected chi connectivity index (χ3v) is 3.79. The molecule has 1 aliphatic heterocycles. The summed E-state index contributed by atoms with van der Waals surface area (Å²) in [4.78, 5) is 7.04. The van der Waals surface area contributed by atoms with Gasteiger partial charge in [-0.2, -0.15) is 0 Å². The Morgan fingerprint density at radius 3 is 2.77 bits per heavy atom. The Morgan fingerprint density at radius 1 is 1.32 bits per heavy atom. The Hall–Kier alpha value is -0.820. The highest BCUT2D eigenvalue weighted by Crippen LogP contribution is 2.26. The van der Waals surface area contributed by atoms with E-state index in [9.17, 15) is 0 Å². The molecule has 124 valence electrons. The normalized spacial score (nSPS) is 18.2. The van der Waals surface area contributed by atoms with Crippen LogP contribution in [-0.2, 0) is 4.74 Å². The Kier molecular flexibility index (Phi) is 9.47. The highest BCUT2D eigenvalue weighted by molar-refractivity contribution is 14.0. The zero-order valence-electron chi connectivity index (χ0n) is 13.6. The summed E-state index contributed by atoms with van der Waals surface area (Å²) in [6, 6.07) is 10.8. The predicted octanol–water partition coefficient (Wildman–Crippen LogP) is 3.10. The maximum atomic E-state index is 5.36. The minimum atomic E-state index is 0. The van der Waals surface area contributed by atoms with Gasteiger partial charge in [0.05, 0.1) is 13.2 Å². The Balaban J connectivity index is 0.00000242. The summed E-state index contributed by atoms with van der Waals surface area (Å²) >= 11 is 0. The van der Waals surface area contributed by atoms with Crippen LogP contribution >= 0.6 is 24.0 Å². The maximum absolute atomic E-state index is 5.36. The number of benzene rings is 1. The van der Waals surface area contributed by atoms with Crippen molar-refractivity contribution in [2.24, 2.45) is 4.99 Å². The zero-order valence-corrected chi connectivity index (χ0v) is 16.0. The molecule has 1 heterocycles. The molecule has 0 radical (unpaired) electrons. The molecule has 0 saturated carbocycles. The van der Waals surface area contributed by atoms with E-state index in [1.807, 2.05) is 6.92 Å². The Morgan fingerprint density at radius 2 is 2.09 bits per heavy atom. The van der Waals surface area contributed by atoms with Gasteiger partial charge in [0.25, 0.3) is 0 Å². The summed E-state index contributed by atoms with van der Waals surface area (Å²) < 4.78 is 5.36. The average Bonchev–Trinajstić information content (AvgIpc) is 3.01. The fraction of sp³-hybridized carbons (Fsp3) is 0.588. The van der Waals surface area contributed by atoms with Crippen molar-refractivity contribution in [2.75, 3.05) is 39.4 Å². The molecule has 5 heteroatoms. The van der Waals surface area contributed by atoms with Crippen molar-refractivity contribution >= 4 is 29.9 Å². The molecule has 0 amide bonds. The standard InChI is InChI=1S/C17H27N3O.HI/c1-3-18-17(19-11-13-21-4-2)20-12-10-16(14-20)15-8-6-5-7-9-15;/h5-9,16H,3-4,10-14H2,1-2H3,(H,18,19);1H. The SMILES string of the molecule is CCNC(=NCCOCC)N1CCC(c2ccccc2)C1.I. The second-order valence-electron chi connectivity index (χ2n) is 5.27. The van der Waals surface area contributed by atoms with Crippen molar-refractivity contribution in [2.45, 2.75) is 26.2 Å². The Labute approximate surface area is 151 Å². The van der Waals surface area contributed by atoms with E-state index >= 15 is 0 Å². The number of nitrogens with zero attached hydrogens (tertiary/aromatic N) is 2. The number of nitrogens with one attached hydrogen (secondary N) is 1. The first-order chi connectivity index (χ1) is 10.3. The third kappa shape index (κ3) is 5.76. The molecular formula is C17H28IN3O. The van der Waals surface area contributed by atoms with Crippen LogP contribution in [0.25, 0.3) is 0 Å². The highest BCUT2D eigenvalue weighted by Gasteiger charge is 2.25. The largest absolute Gasteiger partial charge is 0.380 e. The summed E-state index contributed by atoms with van der Waals surface area (Å²) in [5.41, 5.74) is 1.44. The minimum absolute atomic E-state index is 0. The van der Waals surface area contributed by atoms with Crippen molar-refractivity contribution in [1.82, 2.24) is 10.2 Å². The first-order valence-corrected chi connectivity index (χ1v) is 8.01. The number of hydrogen-bond acceptors (Lipinski definition) is 2. The van der Waals surface area contributed by atoms with Gasteiger partial charge in [-0.3, -0.25) is 4.99 Å². The van der Waals surface area contributed by atoms with Crippen LogP contribution in [0.3, 0.4) is 0 Å². The topological polar surface area (TPSA) is 36.9 Å². The summed E-state index contributed by atoms with van der Waals surface area (Å²) in [7, 11) is 0. The number of guanidine groups is 1. The smallest absolute Gasteiger partial charge is 0.194 e. The molecule has 0 aliphatic carbocycles. The number of halogens is 1. The van der Waals surface area contributed by atoms with Crippen LogP contribution in [0.4, 0.5) is 0 Å². The second kappa shape index (κ2) is 10.8. The molecule has 1 aromatic carbocycles. The minimum Gasteiger partial charge on any atom is -0.380 e. The summed E-state index contributed by atoms with van der Waals surface area (Å²) in [5, 5.41) is 3.39. The lowest BCUT2D eigenvalue weighted by Crippen LogP contribution is -2.40. The number of hydrogen-bond donors (Lipinski definition) is 1. The van der Waals surface area contributed by atoms with E-state index in [0.29, 0.717) is 12.5 Å². The van der Waals surface area contributed by atoms with E-state index in [2.05, 4.69) is 52.5 Å². The molecule has 1 fully saturated rings. The molecule has 0 bridgehead atoms. The molecule has 1 unspecified atom stereocenters. The molecule has 0 aromatic heterocycles. The van der Waals surface area contributed by atoms with Crippen LogP contribution in [0.15, 0.2) is 35.3 Å². The molecule has 4 nitrogen and oxygen atoms in total. The van der Waals surface area contributed by atoms with Gasteiger partial charge in [-0.1, -0.05) is 30.3 Å². The molecule has 22 heavy (non-hydrogen) atoms. The van der Waals surface area contributed by atoms with Gasteiger partial charge < -0.3 is 15.0 Å². The highest BCUT2D eigenvalue weighted by atomic mass is 127. The van der Waals surface area contributed by atoms with E-state index in [4.69, 9.17) is 4.74 Å². The fourth-order valence-electron chi connectivity index (χ4n) is 2.74. The second-order valence-corrected chi connectivity index (χ2v) is 5.27. The third-order valence-electron chi connectivity index (χ3n) is 3.79. The lowest BCUT2D eigenvalue weighted by molar-refractivity contribution is 0.155. The number of aliphatic imine (C=N–C) groups is 1. The molecule has 0 spiro atoms. The van der Waals surface area contributed by atoms with Crippen molar-refractivity contribution < 1.29 is 4.74 Å². The van der Waals surface area contributed by atoms with E-state index in [-0.39, 0.29) is 24.0 Å². The van der Waals surface area contributed by atoms with Gasteiger partial charge in [0.2, 0.25) is 0 Å². The van der Waals surface area contributed by atoms with Crippen LogP contribution in [0.1, 0.15) is 31.7 Å². The van der Waals surface area contributed by atoms with Crippen LogP contribution in [0, 0.1) is 0 Å². The van der Waals surface area contributed by atoms with E-state index in [1.54, 1.807) is 0 Å². The molecule has 1 aliphatic rings. The molecule has 1 saturated heterocycles. The fourth-order valence-corrected chi connectivity index (χ4v) is 2.74. The van der Waals surface area contributed by atoms with E-state index < -0.39 is 0 Å². The predicted molar refractivity (Wildman–Crippen MR) is 103 cm³/mol. The molecule has 1 aromatic rings. The summed E-state index contributed by atoms with van der Waals surface area (Å²) in [6.45, 7) is 9.32. The Bertz CT molecular complexity index is 439. The molecule has 1 N–H and O–H groups in total. The van der Waals surface area contributed by atoms with Crippen LogP contribution < -0.4 is 5.32 Å². The zero-order chi connectivity index (χ0) is 14.9. The lowest BCUT2D eigenvalue weighted by atomic mass is 9.99. The van der Waals surface area contributed by atoms with Gasteiger partial charge in [0.15, 0.2) is 5.96 Å². The van der Waals surface area contributed by atoms with Gasteiger partial charge in [-0.25, -0.2) is 0 Å². The van der Waals surface area contributed by atoms with E-state index in [1.165, 1.54) is 12.0 Å². The maximum Gasteiger partial charge on any atom is 0.194 e. The first kappa shape index (κ1) is 19.2. The first-order valence-electron chi connectivity index (χ1n) is 8.01. The van der Waals surface area contributed by atoms with Crippen molar-refractivity contribution in [3.8, 4) is 0 Å². The van der Waals surface area contributed by atoms with Gasteiger partial charge >= 0.3 is 0 Å². The quantitative estimate of drug-likeness (QED) is 0.335. The monoisotopic (exact) mass is 417 g/mol. The van der Waals surface area contributed by atoms with Crippen molar-refractivity contribution in [3.63, 3.8) is 0 Å². The molecule has 1 atom stereocenters. The van der Waals surface area contributed by atoms with Crippen molar-refractivity contribution in [1.29, 1.82) is 0 Å². The van der Waals surface area contributed by atoms with Gasteiger partial charge in [0.1, 0.15) is 0 Å². The summed E-state index contributed by atoms with van der Waals surface area (Å²) in [6.07, 6.45) is 1.19. The van der Waals surface area contributed by atoms with Gasteiger partial charge in [-0.15, -0.1) is 24.0 Å². The number of ether oxygens (including phenoxy) is 1.